The summed E-state index contributed by atoms with van der Waals surface area (Å²) in [4.78, 5) is 0. The van der Waals surface area contributed by atoms with Crippen LogP contribution >= 0.6 is 0 Å². The summed E-state index contributed by atoms with van der Waals surface area (Å²) in [6.07, 6.45) is 7.55. The zero-order valence-electron chi connectivity index (χ0n) is 28.2. The lowest BCUT2D eigenvalue weighted by Crippen LogP contribution is -2.46. The van der Waals surface area contributed by atoms with Gasteiger partial charge in [0.2, 0.25) is 0 Å². The van der Waals surface area contributed by atoms with Gasteiger partial charge >= 0.3 is 0 Å². The van der Waals surface area contributed by atoms with E-state index < -0.39 is 0 Å². The fourth-order valence-electron chi connectivity index (χ4n) is 8.35. The third kappa shape index (κ3) is 5.33. The molecule has 0 saturated heterocycles. The van der Waals surface area contributed by atoms with Crippen molar-refractivity contribution in [3.8, 4) is 11.1 Å². The van der Waals surface area contributed by atoms with E-state index in [1.807, 2.05) is 0 Å². The molecule has 3 aliphatic heterocycles. The second-order valence-electron chi connectivity index (χ2n) is 14.0. The molecule has 0 aliphatic carbocycles. The van der Waals surface area contributed by atoms with E-state index in [1.54, 1.807) is 0 Å². The van der Waals surface area contributed by atoms with Gasteiger partial charge in [0.25, 0.3) is 0 Å². The summed E-state index contributed by atoms with van der Waals surface area (Å²) in [7, 11) is 0. The van der Waals surface area contributed by atoms with E-state index in [2.05, 4.69) is 185 Å². The molecule has 51 heavy (non-hydrogen) atoms. The van der Waals surface area contributed by atoms with Crippen molar-refractivity contribution in [2.75, 3.05) is 11.9 Å². The van der Waals surface area contributed by atoms with Gasteiger partial charge in [-0.15, -0.1) is 0 Å². The SMILES string of the molecule is C1=CC(C2CC=CCN2)NC=1c1cc(-c2cc3ccccc3c3ccccc23)cc(C2Nc3c(ccc4ccccc34)C(c3ccccc3)N2)c1. The number of fused-ring (bicyclic) bond motifs is 6. The number of benzene rings is 7. The Hall–Kier alpha value is -5.90. The van der Waals surface area contributed by atoms with Gasteiger partial charge < -0.3 is 16.0 Å². The van der Waals surface area contributed by atoms with Crippen molar-refractivity contribution in [2.45, 2.75) is 30.7 Å². The van der Waals surface area contributed by atoms with Crippen LogP contribution in [0.15, 0.2) is 163 Å². The lowest BCUT2D eigenvalue weighted by Gasteiger charge is -2.36. The topological polar surface area (TPSA) is 48.1 Å². The quantitative estimate of drug-likeness (QED) is 0.0845. The van der Waals surface area contributed by atoms with Gasteiger partial charge in [0.15, 0.2) is 0 Å². The Labute approximate surface area is 298 Å². The molecule has 3 aliphatic rings. The second kappa shape index (κ2) is 12.5. The molecule has 0 fully saturated rings. The zero-order valence-corrected chi connectivity index (χ0v) is 28.2. The molecule has 0 aromatic heterocycles. The molecule has 4 atom stereocenters. The van der Waals surface area contributed by atoms with E-state index in [-0.39, 0.29) is 18.2 Å². The van der Waals surface area contributed by atoms with Gasteiger partial charge in [0.05, 0.1) is 17.8 Å². The molecule has 4 nitrogen and oxygen atoms in total. The normalized spacial score (nSPS) is 21.0. The molecule has 4 unspecified atom stereocenters. The Morgan fingerprint density at radius 1 is 0.569 bits per heavy atom. The molecule has 0 bridgehead atoms. The van der Waals surface area contributed by atoms with Crippen LogP contribution in [0.5, 0.6) is 0 Å². The Morgan fingerprint density at radius 2 is 1.31 bits per heavy atom. The van der Waals surface area contributed by atoms with Crippen LogP contribution in [0.3, 0.4) is 0 Å². The van der Waals surface area contributed by atoms with Crippen LogP contribution in [0, 0.1) is 0 Å². The molecule has 0 radical (unpaired) electrons. The lowest BCUT2D eigenvalue weighted by molar-refractivity contribution is 0.460. The standard InChI is InChI=1S/C47H38N4/c1-2-13-31(14-3-1)45-40-22-21-30-12-4-7-17-37(30)46(40)51-47(50-45)35-27-33(26-34(28-35)42-23-24-44(49-42)43-20-10-11-25-48-43)41-29-32-15-5-6-16-36(32)38-18-8-9-19-39(38)41/h1-19,21-22,24,26-29,43-45,47-51H,20,25H2. The summed E-state index contributed by atoms with van der Waals surface area (Å²) >= 11 is 0. The van der Waals surface area contributed by atoms with Gasteiger partial charge in [-0.3, -0.25) is 5.32 Å². The predicted octanol–water partition coefficient (Wildman–Crippen LogP) is 10.0. The highest BCUT2D eigenvalue weighted by Crippen LogP contribution is 2.43. The van der Waals surface area contributed by atoms with Crippen LogP contribution in [0.25, 0.3) is 49.1 Å². The largest absolute Gasteiger partial charge is 0.370 e. The highest BCUT2D eigenvalue weighted by molar-refractivity contribution is 6.13. The molecule has 246 valence electrons. The molecule has 0 saturated carbocycles. The van der Waals surface area contributed by atoms with E-state index in [0.29, 0.717) is 6.04 Å². The van der Waals surface area contributed by atoms with Crippen LogP contribution in [-0.2, 0) is 0 Å². The third-order valence-electron chi connectivity index (χ3n) is 10.9. The van der Waals surface area contributed by atoms with Gasteiger partial charge in [0.1, 0.15) is 6.17 Å². The van der Waals surface area contributed by atoms with Gasteiger partial charge in [0, 0.05) is 29.2 Å². The smallest absolute Gasteiger partial charge is 0.104 e. The molecule has 7 aromatic rings. The van der Waals surface area contributed by atoms with E-state index in [1.165, 1.54) is 65.8 Å². The molecule has 7 aromatic carbocycles. The van der Waals surface area contributed by atoms with E-state index in [9.17, 15) is 0 Å². The summed E-state index contributed by atoms with van der Waals surface area (Å²) in [5.74, 6) is 0. The first-order valence-corrected chi connectivity index (χ1v) is 18.0. The highest BCUT2D eigenvalue weighted by atomic mass is 15.2. The lowest BCUT2D eigenvalue weighted by atomic mass is 9.88. The summed E-state index contributed by atoms with van der Waals surface area (Å²) in [5, 5.41) is 23.0. The maximum absolute atomic E-state index is 4.04. The van der Waals surface area contributed by atoms with E-state index >= 15 is 0 Å². The van der Waals surface area contributed by atoms with Crippen molar-refractivity contribution in [2.24, 2.45) is 0 Å². The number of hydrogen-bond acceptors (Lipinski definition) is 4. The fraction of sp³-hybridized carbons (Fsp3) is 0.128. The zero-order chi connectivity index (χ0) is 33.7. The fourth-order valence-corrected chi connectivity index (χ4v) is 8.35. The van der Waals surface area contributed by atoms with Crippen molar-refractivity contribution in [1.29, 1.82) is 0 Å². The number of rotatable bonds is 5. The monoisotopic (exact) mass is 658 g/mol. The number of hydrogen-bond donors (Lipinski definition) is 4. The first-order valence-electron chi connectivity index (χ1n) is 18.0. The first-order chi connectivity index (χ1) is 25.3. The Bertz CT molecular complexity index is 2560. The first kappa shape index (κ1) is 30.0. The molecule has 0 spiro atoms. The summed E-state index contributed by atoms with van der Waals surface area (Å²) < 4.78 is 0. The van der Waals surface area contributed by atoms with Crippen LogP contribution < -0.4 is 21.3 Å². The maximum Gasteiger partial charge on any atom is 0.104 e. The van der Waals surface area contributed by atoms with Crippen LogP contribution in [0.4, 0.5) is 5.69 Å². The molecule has 4 heteroatoms. The average Bonchev–Trinajstić information content (AvgIpc) is 3.71. The molecule has 4 N–H and O–H groups in total. The third-order valence-corrected chi connectivity index (χ3v) is 10.9. The van der Waals surface area contributed by atoms with Gasteiger partial charge in [-0.2, -0.15) is 0 Å². The molecular weight excluding hydrogens is 621 g/mol. The van der Waals surface area contributed by atoms with Crippen molar-refractivity contribution >= 4 is 43.7 Å². The Kier molecular flexibility index (Phi) is 7.32. The minimum atomic E-state index is -0.147. The summed E-state index contributed by atoms with van der Waals surface area (Å²) in [5.41, 5.74) is 13.1. The van der Waals surface area contributed by atoms with Crippen LogP contribution in [-0.4, -0.2) is 18.6 Å². The van der Waals surface area contributed by atoms with Gasteiger partial charge in [-0.25, -0.2) is 0 Å². The number of nitrogens with one attached hydrogen (secondary N) is 4. The van der Waals surface area contributed by atoms with E-state index in [0.717, 1.165) is 24.2 Å². The molecule has 0 amide bonds. The van der Waals surface area contributed by atoms with Crippen molar-refractivity contribution < 1.29 is 0 Å². The van der Waals surface area contributed by atoms with Crippen LogP contribution in [0.2, 0.25) is 0 Å². The minimum Gasteiger partial charge on any atom is -0.370 e. The van der Waals surface area contributed by atoms with Crippen molar-refractivity contribution in [3.63, 3.8) is 0 Å². The average molecular weight is 659 g/mol. The predicted molar refractivity (Wildman–Crippen MR) is 213 cm³/mol. The summed E-state index contributed by atoms with van der Waals surface area (Å²) in [6, 6.07) is 51.6. The molecule has 10 rings (SSSR count). The summed E-state index contributed by atoms with van der Waals surface area (Å²) in [6.45, 7) is 0.901. The maximum atomic E-state index is 4.04. The minimum absolute atomic E-state index is 0.0178. The number of anilines is 1. The van der Waals surface area contributed by atoms with Crippen LogP contribution in [0.1, 0.15) is 40.9 Å². The molecule has 3 heterocycles. The van der Waals surface area contributed by atoms with Crippen molar-refractivity contribution in [3.05, 3.63) is 186 Å². The Balaban J connectivity index is 1.15. The highest BCUT2D eigenvalue weighted by Gasteiger charge is 2.30. The molecular formula is C47H38N4. The Morgan fingerprint density at radius 3 is 2.16 bits per heavy atom. The van der Waals surface area contributed by atoms with Gasteiger partial charge in [-0.1, -0.05) is 133 Å². The van der Waals surface area contributed by atoms with Gasteiger partial charge in [-0.05, 0) is 91.5 Å². The van der Waals surface area contributed by atoms with Crippen molar-refractivity contribution in [1.82, 2.24) is 16.0 Å². The second-order valence-corrected chi connectivity index (χ2v) is 14.0. The van der Waals surface area contributed by atoms with E-state index in [4.69, 9.17) is 0 Å².